The summed E-state index contributed by atoms with van der Waals surface area (Å²) < 4.78 is 5.13. The number of rotatable bonds is 2. The van der Waals surface area contributed by atoms with Crippen LogP contribution in [-0.2, 0) is 11.2 Å². The van der Waals surface area contributed by atoms with Gasteiger partial charge in [-0.05, 0) is 30.5 Å². The van der Waals surface area contributed by atoms with Gasteiger partial charge in [0.2, 0.25) is 0 Å². The average Bonchev–Trinajstić information content (AvgIpc) is 2.90. The van der Waals surface area contributed by atoms with E-state index >= 15 is 0 Å². The summed E-state index contributed by atoms with van der Waals surface area (Å²) >= 11 is 0. The second-order valence-electron chi connectivity index (χ2n) is 3.67. The molecule has 70 valence electrons. The number of ether oxygens (including phenoxy) is 1. The summed E-state index contributed by atoms with van der Waals surface area (Å²) in [6.07, 6.45) is 1.18. The highest BCUT2D eigenvalue weighted by molar-refractivity contribution is 5.44. The number of hydrogen-bond donors (Lipinski definition) is 1. The summed E-state index contributed by atoms with van der Waals surface area (Å²) in [5.41, 5.74) is 3.13. The van der Waals surface area contributed by atoms with Crippen molar-refractivity contribution in [3.63, 3.8) is 0 Å². The molecule has 0 aliphatic carbocycles. The lowest BCUT2D eigenvalue weighted by atomic mass is 10.0. The van der Waals surface area contributed by atoms with Crippen molar-refractivity contribution in [3.8, 4) is 5.75 Å². The van der Waals surface area contributed by atoms with E-state index in [1.807, 2.05) is 26.0 Å². The minimum atomic E-state index is 0.341. The van der Waals surface area contributed by atoms with Crippen LogP contribution >= 0.6 is 0 Å². The maximum atomic E-state index is 9.80. The topological polar surface area (TPSA) is 32.8 Å². The van der Waals surface area contributed by atoms with Crippen molar-refractivity contribution in [3.05, 3.63) is 28.8 Å². The molecule has 1 N–H and O–H groups in total. The first-order valence-corrected chi connectivity index (χ1v) is 4.58. The molecule has 1 fully saturated rings. The zero-order valence-corrected chi connectivity index (χ0v) is 8.00. The molecule has 1 atom stereocenters. The van der Waals surface area contributed by atoms with Gasteiger partial charge in [-0.2, -0.15) is 0 Å². The molecule has 2 heteroatoms. The molecule has 0 radical (unpaired) electrons. The van der Waals surface area contributed by atoms with Crippen molar-refractivity contribution in [2.75, 3.05) is 6.61 Å². The Bertz CT molecular complexity index is 327. The van der Waals surface area contributed by atoms with Crippen molar-refractivity contribution in [2.24, 2.45) is 0 Å². The third kappa shape index (κ3) is 1.68. The van der Waals surface area contributed by atoms with E-state index in [9.17, 15) is 5.11 Å². The molecular formula is C11H14O2. The van der Waals surface area contributed by atoms with Crippen LogP contribution in [0.15, 0.2) is 12.1 Å². The van der Waals surface area contributed by atoms with Crippen LogP contribution in [0.25, 0.3) is 0 Å². The van der Waals surface area contributed by atoms with Crippen molar-refractivity contribution < 1.29 is 9.84 Å². The molecule has 0 aromatic heterocycles. The van der Waals surface area contributed by atoms with Crippen molar-refractivity contribution in [1.82, 2.24) is 0 Å². The fourth-order valence-electron chi connectivity index (χ4n) is 1.45. The van der Waals surface area contributed by atoms with E-state index in [1.54, 1.807) is 0 Å². The Morgan fingerprint density at radius 3 is 2.77 bits per heavy atom. The van der Waals surface area contributed by atoms with Crippen LogP contribution in [0.3, 0.4) is 0 Å². The molecule has 1 unspecified atom stereocenters. The molecule has 1 aliphatic rings. The number of hydrogen-bond acceptors (Lipinski definition) is 2. The van der Waals surface area contributed by atoms with Gasteiger partial charge in [-0.3, -0.25) is 0 Å². The van der Waals surface area contributed by atoms with Crippen LogP contribution in [0.2, 0.25) is 0 Å². The molecule has 0 bridgehead atoms. The highest BCUT2D eigenvalue weighted by Crippen LogP contribution is 2.28. The summed E-state index contributed by atoms with van der Waals surface area (Å²) in [4.78, 5) is 0. The van der Waals surface area contributed by atoms with Crippen molar-refractivity contribution in [2.45, 2.75) is 26.4 Å². The Morgan fingerprint density at radius 1 is 1.46 bits per heavy atom. The normalized spacial score (nSPS) is 20.3. The molecule has 0 amide bonds. The zero-order chi connectivity index (χ0) is 9.42. The predicted molar refractivity (Wildman–Crippen MR) is 51.0 cm³/mol. The average molecular weight is 178 g/mol. The van der Waals surface area contributed by atoms with Crippen LogP contribution in [0, 0.1) is 13.8 Å². The van der Waals surface area contributed by atoms with E-state index in [2.05, 4.69) is 0 Å². The summed E-state index contributed by atoms with van der Waals surface area (Å²) in [6, 6.07) is 4.03. The number of phenols is 1. The predicted octanol–water partition coefficient (Wildman–Crippen LogP) is 1.95. The molecule has 13 heavy (non-hydrogen) atoms. The van der Waals surface area contributed by atoms with Crippen LogP contribution < -0.4 is 0 Å². The summed E-state index contributed by atoms with van der Waals surface area (Å²) in [7, 11) is 0. The first-order chi connectivity index (χ1) is 6.18. The quantitative estimate of drug-likeness (QED) is 0.702. The van der Waals surface area contributed by atoms with Gasteiger partial charge in [0.05, 0.1) is 12.7 Å². The van der Waals surface area contributed by atoms with Gasteiger partial charge in [-0.25, -0.2) is 0 Å². The maximum Gasteiger partial charge on any atom is 0.122 e. The number of benzene rings is 1. The lowest BCUT2D eigenvalue weighted by molar-refractivity contribution is 0.401. The van der Waals surface area contributed by atoms with Crippen LogP contribution in [-0.4, -0.2) is 17.8 Å². The van der Waals surface area contributed by atoms with E-state index in [0.29, 0.717) is 11.9 Å². The lowest BCUT2D eigenvalue weighted by Crippen LogP contribution is -1.95. The van der Waals surface area contributed by atoms with Gasteiger partial charge in [-0.15, -0.1) is 0 Å². The Labute approximate surface area is 78.2 Å². The third-order valence-corrected chi connectivity index (χ3v) is 2.64. The van der Waals surface area contributed by atoms with Gasteiger partial charge >= 0.3 is 0 Å². The van der Waals surface area contributed by atoms with Crippen molar-refractivity contribution >= 4 is 0 Å². The second kappa shape index (κ2) is 3.04. The Kier molecular flexibility index (Phi) is 2.00. The number of phenolic OH excluding ortho intramolecular Hbond substituents is 1. The van der Waals surface area contributed by atoms with Crippen LogP contribution in [0.5, 0.6) is 5.75 Å². The van der Waals surface area contributed by atoms with Gasteiger partial charge < -0.3 is 9.84 Å². The number of aromatic hydroxyl groups is 1. The SMILES string of the molecule is Cc1ccc(CC2CO2)c(O)c1C. The first-order valence-electron chi connectivity index (χ1n) is 4.58. The minimum Gasteiger partial charge on any atom is -0.507 e. The standard InChI is InChI=1S/C11H14O2/c1-7-3-4-9(5-10-6-13-10)11(12)8(7)2/h3-4,10,12H,5-6H2,1-2H3. The number of aryl methyl sites for hydroxylation is 1. The smallest absolute Gasteiger partial charge is 0.122 e. The zero-order valence-electron chi connectivity index (χ0n) is 8.00. The summed E-state index contributed by atoms with van der Waals surface area (Å²) in [6.45, 7) is 4.79. The van der Waals surface area contributed by atoms with Crippen molar-refractivity contribution in [1.29, 1.82) is 0 Å². The fraction of sp³-hybridized carbons (Fsp3) is 0.455. The molecule has 1 saturated heterocycles. The third-order valence-electron chi connectivity index (χ3n) is 2.64. The molecule has 1 aromatic carbocycles. The van der Waals surface area contributed by atoms with E-state index in [0.717, 1.165) is 29.7 Å². The van der Waals surface area contributed by atoms with Crippen LogP contribution in [0.4, 0.5) is 0 Å². The molecule has 1 aliphatic heterocycles. The Balaban J connectivity index is 2.29. The van der Waals surface area contributed by atoms with Crippen LogP contribution in [0.1, 0.15) is 16.7 Å². The fourth-order valence-corrected chi connectivity index (χ4v) is 1.45. The van der Waals surface area contributed by atoms with Gasteiger partial charge in [0.15, 0.2) is 0 Å². The monoisotopic (exact) mass is 178 g/mol. The summed E-state index contributed by atoms with van der Waals surface area (Å²) in [5, 5.41) is 9.80. The first kappa shape index (κ1) is 8.57. The van der Waals surface area contributed by atoms with Gasteiger partial charge in [0.1, 0.15) is 5.75 Å². The molecule has 1 aromatic rings. The molecule has 0 spiro atoms. The number of epoxide rings is 1. The summed E-state index contributed by atoms with van der Waals surface area (Å²) in [5.74, 6) is 0.440. The largest absolute Gasteiger partial charge is 0.507 e. The van der Waals surface area contributed by atoms with E-state index < -0.39 is 0 Å². The highest BCUT2D eigenvalue weighted by atomic mass is 16.6. The molecule has 0 saturated carbocycles. The Hall–Kier alpha value is -1.02. The molecule has 1 heterocycles. The maximum absolute atomic E-state index is 9.80. The van der Waals surface area contributed by atoms with E-state index in [1.165, 1.54) is 0 Å². The molecular weight excluding hydrogens is 164 g/mol. The Morgan fingerprint density at radius 2 is 2.15 bits per heavy atom. The lowest BCUT2D eigenvalue weighted by Gasteiger charge is -2.07. The second-order valence-corrected chi connectivity index (χ2v) is 3.67. The molecule has 2 rings (SSSR count). The van der Waals surface area contributed by atoms with E-state index in [-0.39, 0.29) is 0 Å². The highest BCUT2D eigenvalue weighted by Gasteiger charge is 2.24. The minimum absolute atomic E-state index is 0.341. The van der Waals surface area contributed by atoms with Gasteiger partial charge in [0.25, 0.3) is 0 Å². The van der Waals surface area contributed by atoms with E-state index in [4.69, 9.17) is 4.74 Å². The van der Waals surface area contributed by atoms with Gasteiger partial charge in [0, 0.05) is 6.42 Å². The molecule has 2 nitrogen and oxygen atoms in total. The van der Waals surface area contributed by atoms with Gasteiger partial charge in [-0.1, -0.05) is 12.1 Å².